The van der Waals surface area contributed by atoms with Crippen LogP contribution in [-0.4, -0.2) is 37.6 Å². The number of H-pyrrole nitrogens is 2. The number of rotatable bonds is 8. The van der Waals surface area contributed by atoms with Crippen LogP contribution >= 0.6 is 0 Å². The number of amides is 1. The van der Waals surface area contributed by atoms with Gasteiger partial charge >= 0.3 is 5.69 Å². The molecule has 2 aromatic heterocycles. The van der Waals surface area contributed by atoms with Crippen molar-refractivity contribution in [3.05, 3.63) is 26.7 Å². The summed E-state index contributed by atoms with van der Waals surface area (Å²) in [5, 5.41) is 10.8. The maximum absolute atomic E-state index is 12.0. The Morgan fingerprint density at radius 1 is 1.31 bits per heavy atom. The molecule has 0 aliphatic carbocycles. The SMILES string of the molecule is C#CCCC1(CCNC(=O)CCc2nc3c([nH]2)c(=O)[nH]c(=O)n3C)N=N1. The summed E-state index contributed by atoms with van der Waals surface area (Å²) in [6, 6.07) is 0. The number of aromatic amines is 2. The molecular formula is C16H19N7O3. The van der Waals surface area contributed by atoms with E-state index in [1.54, 1.807) is 0 Å². The lowest BCUT2D eigenvalue weighted by Gasteiger charge is -2.09. The topological polar surface area (TPSA) is 137 Å². The van der Waals surface area contributed by atoms with Crippen molar-refractivity contribution < 1.29 is 4.79 Å². The fourth-order valence-corrected chi connectivity index (χ4v) is 2.66. The number of aryl methyl sites for hydroxylation is 2. The second-order valence-electron chi connectivity index (χ2n) is 6.19. The number of carbonyl (C=O) groups excluding carboxylic acids is 1. The van der Waals surface area contributed by atoms with Gasteiger partial charge in [0.1, 0.15) is 11.3 Å². The molecule has 0 spiro atoms. The van der Waals surface area contributed by atoms with Gasteiger partial charge in [0.15, 0.2) is 11.3 Å². The van der Waals surface area contributed by atoms with E-state index in [9.17, 15) is 14.4 Å². The summed E-state index contributed by atoms with van der Waals surface area (Å²) in [6.45, 7) is 0.463. The molecule has 0 aromatic carbocycles. The van der Waals surface area contributed by atoms with E-state index >= 15 is 0 Å². The van der Waals surface area contributed by atoms with E-state index in [0.29, 0.717) is 38.1 Å². The van der Waals surface area contributed by atoms with Gasteiger partial charge in [-0.2, -0.15) is 10.2 Å². The first-order valence-electron chi connectivity index (χ1n) is 8.26. The fraction of sp³-hybridized carbons (Fsp3) is 0.500. The van der Waals surface area contributed by atoms with Gasteiger partial charge in [0.2, 0.25) is 5.91 Å². The van der Waals surface area contributed by atoms with Crippen LogP contribution in [0.5, 0.6) is 0 Å². The third-order valence-electron chi connectivity index (χ3n) is 4.29. The van der Waals surface area contributed by atoms with E-state index in [1.165, 1.54) is 11.6 Å². The Morgan fingerprint density at radius 2 is 2.08 bits per heavy atom. The summed E-state index contributed by atoms with van der Waals surface area (Å²) in [4.78, 5) is 44.6. The predicted molar refractivity (Wildman–Crippen MR) is 93.6 cm³/mol. The van der Waals surface area contributed by atoms with E-state index in [1.807, 2.05) is 0 Å². The molecule has 26 heavy (non-hydrogen) atoms. The quantitative estimate of drug-likeness (QED) is 0.571. The summed E-state index contributed by atoms with van der Waals surface area (Å²) in [6.07, 6.45) is 7.70. The van der Waals surface area contributed by atoms with Crippen molar-refractivity contribution in [2.45, 2.75) is 37.8 Å². The van der Waals surface area contributed by atoms with E-state index in [0.717, 1.165) is 0 Å². The highest BCUT2D eigenvalue weighted by Gasteiger charge is 2.38. The average Bonchev–Trinajstić information content (AvgIpc) is 3.24. The molecule has 2 aromatic rings. The zero-order chi connectivity index (χ0) is 18.7. The molecule has 10 nitrogen and oxygen atoms in total. The number of carbonyl (C=O) groups is 1. The summed E-state index contributed by atoms with van der Waals surface area (Å²) in [5.74, 6) is 2.89. The summed E-state index contributed by atoms with van der Waals surface area (Å²) >= 11 is 0. The van der Waals surface area contributed by atoms with Gasteiger partial charge in [-0.3, -0.25) is 19.1 Å². The lowest BCUT2D eigenvalue weighted by atomic mass is 10.0. The molecule has 0 bridgehead atoms. The maximum Gasteiger partial charge on any atom is 0.329 e. The number of hydrogen-bond donors (Lipinski definition) is 3. The molecule has 1 aliphatic heterocycles. The van der Waals surface area contributed by atoms with E-state index in [-0.39, 0.29) is 23.5 Å². The van der Waals surface area contributed by atoms with Crippen molar-refractivity contribution in [2.24, 2.45) is 17.3 Å². The van der Waals surface area contributed by atoms with Gasteiger partial charge < -0.3 is 10.3 Å². The molecule has 0 radical (unpaired) electrons. The van der Waals surface area contributed by atoms with E-state index < -0.39 is 16.9 Å². The molecule has 1 aliphatic rings. The maximum atomic E-state index is 12.0. The highest BCUT2D eigenvalue weighted by Crippen LogP contribution is 2.35. The van der Waals surface area contributed by atoms with Crippen molar-refractivity contribution in [1.29, 1.82) is 0 Å². The van der Waals surface area contributed by atoms with E-state index in [4.69, 9.17) is 6.42 Å². The van der Waals surface area contributed by atoms with Gasteiger partial charge in [0.05, 0.1) is 0 Å². The number of nitrogens with zero attached hydrogens (tertiary/aromatic N) is 4. The van der Waals surface area contributed by atoms with Crippen molar-refractivity contribution in [3.63, 3.8) is 0 Å². The Kier molecular flexibility index (Phi) is 4.71. The highest BCUT2D eigenvalue weighted by molar-refractivity contribution is 5.76. The summed E-state index contributed by atoms with van der Waals surface area (Å²) in [7, 11) is 1.52. The average molecular weight is 357 g/mol. The lowest BCUT2D eigenvalue weighted by molar-refractivity contribution is -0.121. The van der Waals surface area contributed by atoms with Crippen LogP contribution in [0.2, 0.25) is 0 Å². The standard InChI is InChI=1S/C16H19N7O3/c1-3-4-7-16(21-22-16)8-9-17-11(24)6-5-10-18-12-13(19-10)23(2)15(26)20-14(12)25/h1H,4-9H2,2H3,(H,17,24)(H,18,19)(H,20,25,26). The molecule has 0 fully saturated rings. The van der Waals surface area contributed by atoms with Crippen molar-refractivity contribution >= 4 is 17.1 Å². The molecule has 10 heteroatoms. The van der Waals surface area contributed by atoms with Crippen LogP contribution in [0.15, 0.2) is 19.8 Å². The minimum Gasteiger partial charge on any atom is -0.356 e. The van der Waals surface area contributed by atoms with Gasteiger partial charge in [-0.15, -0.1) is 12.3 Å². The van der Waals surface area contributed by atoms with Crippen LogP contribution in [0.4, 0.5) is 0 Å². The third kappa shape index (κ3) is 3.72. The molecule has 0 saturated carbocycles. The van der Waals surface area contributed by atoms with Crippen molar-refractivity contribution in [1.82, 2.24) is 24.8 Å². The minimum absolute atomic E-state index is 0.138. The predicted octanol–water partition coefficient (Wildman–Crippen LogP) is -0.0357. The molecule has 136 valence electrons. The molecule has 3 heterocycles. The number of aromatic nitrogens is 4. The van der Waals surface area contributed by atoms with Crippen molar-refractivity contribution in [3.8, 4) is 12.3 Å². The first-order valence-corrected chi connectivity index (χ1v) is 8.26. The Labute approximate surface area is 148 Å². The normalized spacial score (nSPS) is 14.3. The molecule has 3 N–H and O–H groups in total. The first-order chi connectivity index (χ1) is 12.4. The second kappa shape index (κ2) is 6.95. The van der Waals surface area contributed by atoms with Crippen molar-refractivity contribution in [2.75, 3.05) is 6.54 Å². The van der Waals surface area contributed by atoms with Crippen LogP contribution in [0, 0.1) is 12.3 Å². The van der Waals surface area contributed by atoms with Crippen LogP contribution < -0.4 is 16.6 Å². The van der Waals surface area contributed by atoms with Gasteiger partial charge in [0.25, 0.3) is 5.56 Å². The molecule has 0 unspecified atom stereocenters. The zero-order valence-electron chi connectivity index (χ0n) is 14.3. The summed E-state index contributed by atoms with van der Waals surface area (Å²) < 4.78 is 1.25. The molecule has 3 rings (SSSR count). The Hall–Kier alpha value is -3.22. The summed E-state index contributed by atoms with van der Waals surface area (Å²) in [5.41, 5.74) is -0.991. The number of imidazole rings is 1. The second-order valence-corrected chi connectivity index (χ2v) is 6.19. The number of nitrogens with one attached hydrogen (secondary N) is 3. The third-order valence-corrected chi connectivity index (χ3v) is 4.29. The Bertz CT molecular complexity index is 1020. The van der Waals surface area contributed by atoms with Gasteiger partial charge in [-0.05, 0) is 0 Å². The van der Waals surface area contributed by atoms with Crippen LogP contribution in [-0.2, 0) is 18.3 Å². The molecular weight excluding hydrogens is 338 g/mol. The number of hydrogen-bond acceptors (Lipinski definition) is 6. The van der Waals surface area contributed by atoms with Crippen LogP contribution in [0.25, 0.3) is 11.2 Å². The largest absolute Gasteiger partial charge is 0.356 e. The van der Waals surface area contributed by atoms with Crippen LogP contribution in [0.1, 0.15) is 31.5 Å². The monoisotopic (exact) mass is 357 g/mol. The number of fused-ring (bicyclic) bond motifs is 1. The smallest absolute Gasteiger partial charge is 0.329 e. The molecule has 1 amide bonds. The molecule has 0 saturated heterocycles. The molecule has 0 atom stereocenters. The van der Waals surface area contributed by atoms with Gasteiger partial charge in [-0.25, -0.2) is 9.78 Å². The minimum atomic E-state index is -0.534. The van der Waals surface area contributed by atoms with Crippen LogP contribution in [0.3, 0.4) is 0 Å². The van der Waals surface area contributed by atoms with E-state index in [2.05, 4.69) is 36.4 Å². The number of terminal acetylenes is 1. The zero-order valence-corrected chi connectivity index (χ0v) is 14.3. The van der Waals surface area contributed by atoms with Gasteiger partial charge in [-0.1, -0.05) is 0 Å². The van der Waals surface area contributed by atoms with Gasteiger partial charge in [0, 0.05) is 45.7 Å². The Morgan fingerprint density at radius 3 is 2.77 bits per heavy atom. The fourth-order valence-electron chi connectivity index (χ4n) is 2.66. The lowest BCUT2D eigenvalue weighted by Crippen LogP contribution is -2.28. The highest BCUT2D eigenvalue weighted by atomic mass is 16.2. The Balaban J connectivity index is 1.51. The first kappa shape index (κ1) is 17.6.